The molecule has 0 aliphatic rings. The van der Waals surface area contributed by atoms with Crippen molar-refractivity contribution in [3.63, 3.8) is 0 Å². The Bertz CT molecular complexity index is 1040. The molecule has 10 heteroatoms. The Morgan fingerprint density at radius 3 is 2.05 bits per heavy atom. The maximum Gasteiger partial charge on any atom is 0.217 e. The summed E-state index contributed by atoms with van der Waals surface area (Å²) in [4.78, 5) is 0. The molecule has 0 amide bonds. The van der Waals surface area contributed by atoms with Crippen LogP contribution in [0.3, 0.4) is 0 Å². The summed E-state index contributed by atoms with van der Waals surface area (Å²) in [5.74, 6) is 0.878. The Labute approximate surface area is 225 Å². The van der Waals surface area contributed by atoms with E-state index in [9.17, 15) is 13.0 Å². The second kappa shape index (κ2) is 17.8. The Morgan fingerprint density at radius 2 is 1.42 bits per heavy atom. The van der Waals surface area contributed by atoms with Crippen LogP contribution >= 0.6 is 0 Å². The number of hydrogen-bond acceptors (Lipinski definition) is 9. The summed E-state index contributed by atoms with van der Waals surface area (Å²) in [6.07, 6.45) is 2.24. The van der Waals surface area contributed by atoms with Crippen molar-refractivity contribution in [2.45, 2.75) is 25.0 Å². The number of hydrogen-bond donors (Lipinski definition) is 0. The highest BCUT2D eigenvalue weighted by molar-refractivity contribution is 7.80. The molecule has 0 saturated carbocycles. The summed E-state index contributed by atoms with van der Waals surface area (Å²) in [5.41, 5.74) is 2.23. The number of para-hydroxylation sites is 1. The lowest BCUT2D eigenvalue weighted by molar-refractivity contribution is -0.0993. The summed E-state index contributed by atoms with van der Waals surface area (Å²) in [6.45, 7) is 10.3. The Balaban J connectivity index is 2.02. The highest BCUT2D eigenvalue weighted by atomic mass is 32.3. The molecule has 0 bridgehead atoms. The molecular formula is C28H37O9S-. The molecule has 3 unspecified atom stereocenters. The van der Waals surface area contributed by atoms with Crippen LogP contribution < -0.4 is 4.74 Å². The minimum atomic E-state index is -4.79. The van der Waals surface area contributed by atoms with Crippen LogP contribution in [0.25, 0.3) is 0 Å². The molecule has 0 aromatic heterocycles. The average Bonchev–Trinajstić information content (AvgIpc) is 2.91. The molecule has 0 aliphatic carbocycles. The van der Waals surface area contributed by atoms with E-state index in [1.165, 1.54) is 5.56 Å². The summed E-state index contributed by atoms with van der Waals surface area (Å²) >= 11 is 0. The van der Waals surface area contributed by atoms with Crippen LogP contribution in [0.5, 0.6) is 5.75 Å². The van der Waals surface area contributed by atoms with Crippen LogP contribution in [0.1, 0.15) is 24.0 Å². The summed E-state index contributed by atoms with van der Waals surface area (Å²) in [6, 6.07) is 18.1. The largest absolute Gasteiger partial charge is 0.726 e. The molecule has 9 nitrogen and oxygen atoms in total. The third-order valence-corrected chi connectivity index (χ3v) is 5.83. The number of benzene rings is 2. The van der Waals surface area contributed by atoms with Crippen LogP contribution in [-0.2, 0) is 33.5 Å². The first kappa shape index (κ1) is 31.6. The van der Waals surface area contributed by atoms with Crippen LogP contribution in [0.15, 0.2) is 79.9 Å². The smallest absolute Gasteiger partial charge is 0.217 e. The van der Waals surface area contributed by atoms with Crippen molar-refractivity contribution < 1.29 is 40.8 Å². The van der Waals surface area contributed by atoms with E-state index in [1.54, 1.807) is 12.2 Å². The molecule has 2 rings (SSSR count). The van der Waals surface area contributed by atoms with Crippen LogP contribution in [0.2, 0.25) is 0 Å². The van der Waals surface area contributed by atoms with Crippen LogP contribution in [0.4, 0.5) is 0 Å². The van der Waals surface area contributed by atoms with Gasteiger partial charge in [-0.15, -0.1) is 13.2 Å². The zero-order valence-electron chi connectivity index (χ0n) is 21.7. The van der Waals surface area contributed by atoms with Gasteiger partial charge in [-0.1, -0.05) is 67.6 Å². The van der Waals surface area contributed by atoms with Gasteiger partial charge < -0.3 is 28.2 Å². The van der Waals surface area contributed by atoms with Crippen molar-refractivity contribution in [2.24, 2.45) is 0 Å². The van der Waals surface area contributed by atoms with Gasteiger partial charge in [-0.05, 0) is 11.6 Å². The molecular weight excluding hydrogens is 512 g/mol. The minimum absolute atomic E-state index is 0.106. The van der Waals surface area contributed by atoms with Crippen molar-refractivity contribution in [1.29, 1.82) is 0 Å². The summed E-state index contributed by atoms with van der Waals surface area (Å²) in [7, 11) is -4.79. The fourth-order valence-corrected chi connectivity index (χ4v) is 3.79. The zero-order valence-corrected chi connectivity index (χ0v) is 22.6. The van der Waals surface area contributed by atoms with E-state index in [2.05, 4.69) is 36.4 Å². The monoisotopic (exact) mass is 549 g/mol. The fraction of sp³-hybridized carbons (Fsp3) is 0.429. The normalized spacial score (nSPS) is 13.9. The maximum atomic E-state index is 10.6. The lowest BCUT2D eigenvalue weighted by Gasteiger charge is -2.24. The SMILES string of the molecule is C=CCOCC(COc1ccccc1C(C)c1ccccc1)OCC(COCC=C)OCCOS(=O)(=O)[O-]. The fourth-order valence-electron chi connectivity index (χ4n) is 3.52. The Kier molecular flexibility index (Phi) is 14.9. The molecule has 3 atom stereocenters. The minimum Gasteiger partial charge on any atom is -0.726 e. The third-order valence-electron chi connectivity index (χ3n) is 5.37. The second-order valence-corrected chi connectivity index (χ2v) is 9.36. The van der Waals surface area contributed by atoms with Gasteiger partial charge in [-0.2, -0.15) is 0 Å². The highest BCUT2D eigenvalue weighted by Gasteiger charge is 2.19. The molecule has 0 saturated heterocycles. The van der Waals surface area contributed by atoms with Crippen molar-refractivity contribution in [2.75, 3.05) is 52.9 Å². The quantitative estimate of drug-likeness (QED) is 0.0991. The third kappa shape index (κ3) is 12.8. The Hall–Kier alpha value is -2.57. The summed E-state index contributed by atoms with van der Waals surface area (Å²) in [5, 5.41) is 0. The summed E-state index contributed by atoms with van der Waals surface area (Å²) < 4.78 is 65.0. The molecule has 0 N–H and O–H groups in total. The molecule has 0 spiro atoms. The topological polar surface area (TPSA) is 113 Å². The second-order valence-electron chi connectivity index (χ2n) is 8.31. The van der Waals surface area contributed by atoms with Gasteiger partial charge in [0.05, 0.1) is 46.2 Å². The van der Waals surface area contributed by atoms with Gasteiger partial charge in [0.1, 0.15) is 24.6 Å². The van der Waals surface area contributed by atoms with Crippen molar-refractivity contribution in [3.05, 3.63) is 91.0 Å². The van der Waals surface area contributed by atoms with Crippen molar-refractivity contribution in [3.8, 4) is 5.75 Å². The first-order valence-corrected chi connectivity index (χ1v) is 13.6. The van der Waals surface area contributed by atoms with E-state index in [1.807, 2.05) is 42.5 Å². The van der Waals surface area contributed by atoms with Gasteiger partial charge in [-0.25, -0.2) is 8.42 Å². The standard InChI is InChI=1S/C28H38O9S/c1-4-15-32-19-25(34-17-18-37-38(29,30)31)21-35-26(20-33-16-5-2)22-36-28-14-10-9-13-27(28)23(3)24-11-7-6-8-12-24/h4-14,23,25-26H,1-2,15-22H2,3H3,(H,29,30,31)/p-1. The predicted molar refractivity (Wildman–Crippen MR) is 143 cm³/mol. The molecule has 38 heavy (non-hydrogen) atoms. The lowest BCUT2D eigenvalue weighted by atomic mass is 9.92. The first-order valence-electron chi connectivity index (χ1n) is 12.3. The van der Waals surface area contributed by atoms with Gasteiger partial charge in [0.2, 0.25) is 10.4 Å². The van der Waals surface area contributed by atoms with Gasteiger partial charge >= 0.3 is 0 Å². The molecule has 0 aliphatic heterocycles. The predicted octanol–water partition coefficient (Wildman–Crippen LogP) is 3.87. The molecule has 210 valence electrons. The zero-order chi connectivity index (χ0) is 27.6. The lowest BCUT2D eigenvalue weighted by Crippen LogP contribution is -2.34. The molecule has 0 fully saturated rings. The molecule has 0 radical (unpaired) electrons. The first-order chi connectivity index (χ1) is 18.3. The van der Waals surface area contributed by atoms with E-state index < -0.39 is 29.2 Å². The number of ether oxygens (including phenoxy) is 5. The number of rotatable bonds is 21. The maximum absolute atomic E-state index is 10.6. The molecule has 0 heterocycles. The van der Waals surface area contributed by atoms with Crippen molar-refractivity contribution >= 4 is 10.4 Å². The van der Waals surface area contributed by atoms with Crippen LogP contribution in [-0.4, -0.2) is 78.0 Å². The van der Waals surface area contributed by atoms with E-state index in [4.69, 9.17) is 23.7 Å². The van der Waals surface area contributed by atoms with Gasteiger partial charge in [0.25, 0.3) is 0 Å². The van der Waals surface area contributed by atoms with E-state index >= 15 is 0 Å². The highest BCUT2D eigenvalue weighted by Crippen LogP contribution is 2.31. The van der Waals surface area contributed by atoms with Gasteiger partial charge in [0, 0.05) is 11.5 Å². The van der Waals surface area contributed by atoms with E-state index in [0.29, 0.717) is 13.2 Å². The average molecular weight is 550 g/mol. The molecule has 2 aromatic rings. The van der Waals surface area contributed by atoms with Crippen molar-refractivity contribution in [1.82, 2.24) is 0 Å². The van der Waals surface area contributed by atoms with Gasteiger partial charge in [0.15, 0.2) is 0 Å². The Morgan fingerprint density at radius 1 is 0.816 bits per heavy atom. The van der Waals surface area contributed by atoms with E-state index in [-0.39, 0.29) is 39.0 Å². The molecule has 2 aromatic carbocycles. The van der Waals surface area contributed by atoms with E-state index in [0.717, 1.165) is 11.3 Å². The van der Waals surface area contributed by atoms with Crippen LogP contribution in [0, 0.1) is 0 Å². The van der Waals surface area contributed by atoms with Gasteiger partial charge in [-0.3, -0.25) is 4.18 Å².